The van der Waals surface area contributed by atoms with Crippen molar-refractivity contribution in [2.24, 2.45) is 0 Å². The fourth-order valence-electron chi connectivity index (χ4n) is 0.597. The second-order valence-corrected chi connectivity index (χ2v) is 2.64. The van der Waals surface area contributed by atoms with Crippen molar-refractivity contribution in [3.8, 4) is 0 Å². The summed E-state index contributed by atoms with van der Waals surface area (Å²) in [6.45, 7) is 0. The van der Waals surface area contributed by atoms with Crippen molar-refractivity contribution in [2.45, 2.75) is 4.90 Å². The van der Waals surface area contributed by atoms with Crippen LogP contribution in [0.25, 0.3) is 0 Å². The maximum absolute atomic E-state index is 5.55. The maximum atomic E-state index is 5.55. The maximum Gasteiger partial charge on any atom is 0.0589 e. The van der Waals surface area contributed by atoms with Gasteiger partial charge in [0.2, 0.25) is 0 Å². The summed E-state index contributed by atoms with van der Waals surface area (Å²) in [5.74, 6) is 0. The highest BCUT2D eigenvalue weighted by atomic mass is 32.2. The van der Waals surface area contributed by atoms with Crippen LogP contribution >= 0.6 is 12.0 Å². The summed E-state index contributed by atoms with van der Waals surface area (Å²) in [5, 5.41) is 0. The number of hydrogen-bond acceptors (Lipinski definition) is 3. The third-order valence-corrected chi connectivity index (χ3v) is 1.72. The van der Waals surface area contributed by atoms with E-state index in [4.69, 9.17) is 9.92 Å². The summed E-state index contributed by atoms with van der Waals surface area (Å²) in [7, 11) is 1.61. The van der Waals surface area contributed by atoms with E-state index in [-0.39, 0.29) is 0 Å². The minimum Gasteiger partial charge on any atom is -0.397 e. The second-order valence-electron chi connectivity index (χ2n) is 1.70. The molecule has 1 aromatic rings. The molecule has 0 atom stereocenters. The molecule has 53 valence electrons. The summed E-state index contributed by atoms with van der Waals surface area (Å²) >= 11 is 1.25. The molecule has 0 saturated heterocycles. The number of hydrogen-bond donors (Lipinski definition) is 1. The Kier molecular flexibility index (Phi) is 2.59. The monoisotopic (exact) mass is 154 g/mol. The van der Waals surface area contributed by atoms with Crippen molar-refractivity contribution < 1.29 is 4.18 Å². The number of nitrogen functional groups attached to an aromatic ring is 1. The van der Waals surface area contributed by atoms with Gasteiger partial charge in [-0.1, -0.05) is 12.1 Å². The molecule has 0 bridgehead atoms. The predicted octanol–water partition coefficient (Wildman–Crippen LogP) is 1.72. The van der Waals surface area contributed by atoms with Crippen LogP contribution < -0.4 is 5.73 Å². The fraction of sp³-hybridized carbons (Fsp3) is 0.143. The molecule has 0 unspecified atom stereocenters. The Labute approximate surface area is 64.6 Å². The van der Waals surface area contributed by atoms with Gasteiger partial charge in [-0.25, -0.2) is 0 Å². The first-order chi connectivity index (χ1) is 4.84. The molecule has 0 spiro atoms. The van der Waals surface area contributed by atoms with Gasteiger partial charge >= 0.3 is 0 Å². The Hall–Kier alpha value is -0.670. The first kappa shape index (κ1) is 7.44. The van der Waals surface area contributed by atoms with Crippen LogP contribution in [0.1, 0.15) is 0 Å². The molecule has 0 aliphatic rings. The highest BCUT2D eigenvalue weighted by Crippen LogP contribution is 2.23. The Morgan fingerprint density at radius 3 is 3.10 bits per heavy atom. The summed E-state index contributed by atoms with van der Waals surface area (Å²) in [6.07, 6.45) is 0. The number of benzene rings is 1. The second kappa shape index (κ2) is 3.49. The zero-order valence-corrected chi connectivity index (χ0v) is 6.44. The largest absolute Gasteiger partial charge is 0.397 e. The van der Waals surface area contributed by atoms with Crippen LogP contribution in [0.2, 0.25) is 0 Å². The molecule has 2 nitrogen and oxygen atoms in total. The van der Waals surface area contributed by atoms with Gasteiger partial charge in [0.05, 0.1) is 17.7 Å². The Morgan fingerprint density at radius 1 is 1.70 bits per heavy atom. The van der Waals surface area contributed by atoms with Gasteiger partial charge in [-0.05, 0) is 6.07 Å². The number of rotatable bonds is 2. The molecule has 0 saturated carbocycles. The Bertz CT molecular complexity index is 215. The van der Waals surface area contributed by atoms with Crippen molar-refractivity contribution >= 4 is 17.7 Å². The first-order valence-electron chi connectivity index (χ1n) is 2.81. The molecule has 0 amide bonds. The lowest BCUT2D eigenvalue weighted by atomic mass is 10.3. The van der Waals surface area contributed by atoms with Gasteiger partial charge in [-0.3, -0.25) is 0 Å². The molecular weight excluding hydrogens is 146 g/mol. The van der Waals surface area contributed by atoms with Crippen LogP contribution in [0.15, 0.2) is 23.1 Å². The van der Waals surface area contributed by atoms with E-state index in [0.29, 0.717) is 5.69 Å². The lowest BCUT2D eigenvalue weighted by Gasteiger charge is -1.99. The van der Waals surface area contributed by atoms with Gasteiger partial charge in [0.15, 0.2) is 0 Å². The fourth-order valence-corrected chi connectivity index (χ4v) is 1.06. The minimum absolute atomic E-state index is 0.634. The zero-order valence-electron chi connectivity index (χ0n) is 5.63. The van der Waals surface area contributed by atoms with Gasteiger partial charge in [0.1, 0.15) is 0 Å². The average Bonchev–Trinajstić information content (AvgIpc) is 1.94. The zero-order chi connectivity index (χ0) is 7.40. The van der Waals surface area contributed by atoms with Gasteiger partial charge in [0, 0.05) is 18.1 Å². The Morgan fingerprint density at radius 2 is 2.50 bits per heavy atom. The van der Waals surface area contributed by atoms with Crippen LogP contribution in [0.5, 0.6) is 0 Å². The van der Waals surface area contributed by atoms with E-state index in [0.717, 1.165) is 4.90 Å². The lowest BCUT2D eigenvalue weighted by Crippen LogP contribution is -1.87. The van der Waals surface area contributed by atoms with Crippen molar-refractivity contribution in [2.75, 3.05) is 12.8 Å². The first-order valence-corrected chi connectivity index (χ1v) is 3.55. The minimum atomic E-state index is 0.634. The van der Waals surface area contributed by atoms with Crippen LogP contribution in [-0.4, -0.2) is 7.11 Å². The summed E-state index contributed by atoms with van der Waals surface area (Å²) in [4.78, 5) is 0.907. The van der Waals surface area contributed by atoms with Gasteiger partial charge < -0.3 is 9.92 Å². The van der Waals surface area contributed by atoms with E-state index in [2.05, 4.69) is 6.07 Å². The van der Waals surface area contributed by atoms with Crippen molar-refractivity contribution in [1.29, 1.82) is 0 Å². The van der Waals surface area contributed by atoms with Crippen LogP contribution in [0.3, 0.4) is 0 Å². The van der Waals surface area contributed by atoms with Gasteiger partial charge in [-0.2, -0.15) is 0 Å². The normalized spacial score (nSPS) is 9.70. The van der Waals surface area contributed by atoms with Gasteiger partial charge in [0.25, 0.3) is 0 Å². The average molecular weight is 154 g/mol. The molecule has 0 fully saturated rings. The highest BCUT2D eigenvalue weighted by molar-refractivity contribution is 7.94. The molecule has 2 N–H and O–H groups in total. The molecule has 10 heavy (non-hydrogen) atoms. The van der Waals surface area contributed by atoms with Crippen molar-refractivity contribution in [3.05, 3.63) is 24.3 Å². The molecule has 0 aliphatic heterocycles. The standard InChI is InChI=1S/C7H8NOS/c1-9-10-7-5-3-2-4-6(7)8/h2-3,5H,8H2,1H3. The van der Waals surface area contributed by atoms with E-state index >= 15 is 0 Å². The molecule has 3 heteroatoms. The molecule has 0 heterocycles. The third-order valence-electron chi connectivity index (χ3n) is 1.02. The van der Waals surface area contributed by atoms with Crippen molar-refractivity contribution in [3.63, 3.8) is 0 Å². The van der Waals surface area contributed by atoms with Crippen LogP contribution in [0, 0.1) is 6.07 Å². The number of nitrogens with two attached hydrogens (primary N) is 1. The van der Waals surface area contributed by atoms with E-state index in [1.807, 2.05) is 12.1 Å². The summed E-state index contributed by atoms with van der Waals surface area (Å²) in [5.41, 5.74) is 6.18. The summed E-state index contributed by atoms with van der Waals surface area (Å²) in [6, 6.07) is 8.40. The highest BCUT2D eigenvalue weighted by Gasteiger charge is 1.95. The lowest BCUT2D eigenvalue weighted by molar-refractivity contribution is 0.490. The topological polar surface area (TPSA) is 35.2 Å². The van der Waals surface area contributed by atoms with E-state index in [1.54, 1.807) is 13.2 Å². The Balaban J connectivity index is 2.81. The van der Waals surface area contributed by atoms with Crippen LogP contribution in [-0.2, 0) is 4.18 Å². The third kappa shape index (κ3) is 1.65. The smallest absolute Gasteiger partial charge is 0.0589 e. The summed E-state index contributed by atoms with van der Waals surface area (Å²) < 4.78 is 4.83. The number of anilines is 1. The molecule has 1 aromatic carbocycles. The number of para-hydroxylation sites is 1. The SMILES string of the molecule is COSc1ccc[c]c1N. The van der Waals surface area contributed by atoms with E-state index in [1.165, 1.54) is 12.0 Å². The molecule has 1 rings (SSSR count). The van der Waals surface area contributed by atoms with E-state index in [9.17, 15) is 0 Å². The predicted molar refractivity (Wildman–Crippen MR) is 42.6 cm³/mol. The molecule has 0 aliphatic carbocycles. The van der Waals surface area contributed by atoms with Crippen LogP contribution in [0.4, 0.5) is 5.69 Å². The molecule has 1 radical (unpaired) electrons. The quantitative estimate of drug-likeness (QED) is 0.520. The molecule has 0 aromatic heterocycles. The van der Waals surface area contributed by atoms with Crippen molar-refractivity contribution in [1.82, 2.24) is 0 Å². The molecular formula is C7H8NOS. The van der Waals surface area contributed by atoms with E-state index < -0.39 is 0 Å². The van der Waals surface area contributed by atoms with Gasteiger partial charge in [-0.15, -0.1) is 0 Å².